The Balaban J connectivity index is 1.81. The summed E-state index contributed by atoms with van der Waals surface area (Å²) in [5.74, 6) is 1.87. The number of hydrogen-bond donors (Lipinski definition) is 1. The second kappa shape index (κ2) is 10.1. The van der Waals surface area contributed by atoms with Gasteiger partial charge in [0.15, 0.2) is 0 Å². The van der Waals surface area contributed by atoms with Gasteiger partial charge in [-0.3, -0.25) is 9.69 Å². The van der Waals surface area contributed by atoms with Gasteiger partial charge in [0, 0.05) is 25.9 Å². The lowest BCUT2D eigenvalue weighted by molar-refractivity contribution is -0.137. The van der Waals surface area contributed by atoms with Gasteiger partial charge in [-0.15, -0.1) is 0 Å². The fraction of sp³-hybridized carbons (Fsp3) is 0.682. The first-order chi connectivity index (χ1) is 12.8. The highest BCUT2D eigenvalue weighted by Gasteiger charge is 2.33. The van der Waals surface area contributed by atoms with Gasteiger partial charge in [-0.25, -0.2) is 0 Å². The number of rotatable bonds is 9. The lowest BCUT2D eigenvalue weighted by Gasteiger charge is -2.30. The van der Waals surface area contributed by atoms with Crippen LogP contribution in [-0.4, -0.2) is 49.8 Å². The standard InChI is InChI=1S/C22H36N2O3/c1-17(2)15-22(4,26-5)21(25)23-19-8-10-20(11-9-19)27-14-13-24-12-6-7-18(3)16-24/h8-11,17-18H,6-7,12-16H2,1-5H3,(H,23,25)/t18-,22-/m0/s1. The van der Waals surface area contributed by atoms with Gasteiger partial charge in [-0.1, -0.05) is 20.8 Å². The van der Waals surface area contributed by atoms with Crippen LogP contribution in [-0.2, 0) is 9.53 Å². The molecule has 152 valence electrons. The predicted octanol–water partition coefficient (Wildman–Crippen LogP) is 4.19. The number of nitrogens with zero attached hydrogens (tertiary/aromatic N) is 1. The SMILES string of the molecule is CO[C@@](C)(CC(C)C)C(=O)Nc1ccc(OCCN2CCC[C@H](C)C2)cc1. The molecule has 1 N–H and O–H groups in total. The molecule has 0 spiro atoms. The number of ether oxygens (including phenoxy) is 2. The van der Waals surface area contributed by atoms with Gasteiger partial charge in [-0.05, 0) is 68.8 Å². The van der Waals surface area contributed by atoms with Crippen LogP contribution in [0.2, 0.25) is 0 Å². The number of hydrogen-bond acceptors (Lipinski definition) is 4. The molecule has 1 aliphatic heterocycles. The summed E-state index contributed by atoms with van der Waals surface area (Å²) in [5, 5.41) is 2.95. The molecule has 5 heteroatoms. The monoisotopic (exact) mass is 376 g/mol. The van der Waals surface area contributed by atoms with Crippen LogP contribution in [0.5, 0.6) is 5.75 Å². The molecule has 0 saturated carbocycles. The number of carbonyl (C=O) groups excluding carboxylic acids is 1. The van der Waals surface area contributed by atoms with Crippen LogP contribution >= 0.6 is 0 Å². The third-order valence-electron chi connectivity index (χ3n) is 5.26. The number of amides is 1. The summed E-state index contributed by atoms with van der Waals surface area (Å²) in [6.07, 6.45) is 3.29. The zero-order valence-electron chi connectivity index (χ0n) is 17.6. The average Bonchev–Trinajstić information content (AvgIpc) is 2.62. The van der Waals surface area contributed by atoms with Crippen molar-refractivity contribution in [1.82, 2.24) is 4.90 Å². The summed E-state index contributed by atoms with van der Waals surface area (Å²) >= 11 is 0. The normalized spacial score (nSPS) is 20.3. The average molecular weight is 377 g/mol. The van der Waals surface area contributed by atoms with Gasteiger partial charge in [0.2, 0.25) is 0 Å². The maximum atomic E-state index is 12.6. The lowest BCUT2D eigenvalue weighted by atomic mass is 9.93. The first-order valence-electron chi connectivity index (χ1n) is 10.1. The molecule has 1 aliphatic rings. The Kier molecular flexibility index (Phi) is 8.11. The minimum Gasteiger partial charge on any atom is -0.492 e. The Hall–Kier alpha value is -1.59. The number of anilines is 1. The van der Waals surface area contributed by atoms with E-state index in [-0.39, 0.29) is 5.91 Å². The summed E-state index contributed by atoms with van der Waals surface area (Å²) in [4.78, 5) is 15.1. The van der Waals surface area contributed by atoms with Crippen molar-refractivity contribution in [2.24, 2.45) is 11.8 Å². The largest absolute Gasteiger partial charge is 0.492 e. The second-order valence-electron chi connectivity index (χ2n) is 8.41. The van der Waals surface area contributed by atoms with E-state index in [0.717, 1.165) is 23.9 Å². The van der Waals surface area contributed by atoms with E-state index >= 15 is 0 Å². The van der Waals surface area contributed by atoms with Crippen LogP contribution in [0.15, 0.2) is 24.3 Å². The number of benzene rings is 1. The molecule has 1 aromatic carbocycles. The number of likely N-dealkylation sites (tertiary alicyclic amines) is 1. The van der Waals surface area contributed by atoms with E-state index in [0.29, 0.717) is 18.9 Å². The van der Waals surface area contributed by atoms with Crippen molar-refractivity contribution < 1.29 is 14.3 Å². The van der Waals surface area contributed by atoms with Crippen molar-refractivity contribution in [3.05, 3.63) is 24.3 Å². The molecular weight excluding hydrogens is 340 g/mol. The van der Waals surface area contributed by atoms with Gasteiger partial charge in [0.25, 0.3) is 5.91 Å². The maximum Gasteiger partial charge on any atom is 0.256 e. The van der Waals surface area contributed by atoms with Crippen LogP contribution in [0.1, 0.15) is 47.0 Å². The van der Waals surface area contributed by atoms with Crippen molar-refractivity contribution in [2.45, 2.75) is 52.6 Å². The lowest BCUT2D eigenvalue weighted by Crippen LogP contribution is -2.43. The van der Waals surface area contributed by atoms with Gasteiger partial charge in [-0.2, -0.15) is 0 Å². The summed E-state index contributed by atoms with van der Waals surface area (Å²) in [5.41, 5.74) is -0.0706. The van der Waals surface area contributed by atoms with Crippen LogP contribution < -0.4 is 10.1 Å². The van der Waals surface area contributed by atoms with Gasteiger partial charge < -0.3 is 14.8 Å². The molecule has 2 rings (SSSR count). The number of carbonyl (C=O) groups is 1. The summed E-state index contributed by atoms with van der Waals surface area (Å²) < 4.78 is 11.3. The van der Waals surface area contributed by atoms with Crippen molar-refractivity contribution in [3.8, 4) is 5.75 Å². The molecule has 0 aromatic heterocycles. The number of methoxy groups -OCH3 is 1. The van der Waals surface area contributed by atoms with Crippen LogP contribution in [0.4, 0.5) is 5.69 Å². The van der Waals surface area contributed by atoms with Crippen LogP contribution in [0, 0.1) is 11.8 Å². The van der Waals surface area contributed by atoms with E-state index in [4.69, 9.17) is 9.47 Å². The molecule has 1 saturated heterocycles. The summed E-state index contributed by atoms with van der Waals surface area (Å²) in [7, 11) is 1.59. The first kappa shape index (κ1) is 21.7. The van der Waals surface area contributed by atoms with Crippen LogP contribution in [0.25, 0.3) is 0 Å². The molecule has 0 bridgehead atoms. The molecular formula is C22H36N2O3. The quantitative estimate of drug-likeness (QED) is 0.702. The summed E-state index contributed by atoms with van der Waals surface area (Å²) in [6, 6.07) is 7.56. The third kappa shape index (κ3) is 6.82. The zero-order valence-corrected chi connectivity index (χ0v) is 17.6. The zero-order chi connectivity index (χ0) is 19.9. The molecule has 1 amide bonds. The minimum atomic E-state index is -0.824. The predicted molar refractivity (Wildman–Crippen MR) is 110 cm³/mol. The van der Waals surface area contributed by atoms with E-state index in [1.807, 2.05) is 31.2 Å². The highest BCUT2D eigenvalue weighted by Crippen LogP contribution is 2.23. The van der Waals surface area contributed by atoms with E-state index in [1.54, 1.807) is 7.11 Å². The molecule has 1 aromatic rings. The minimum absolute atomic E-state index is 0.119. The summed E-state index contributed by atoms with van der Waals surface area (Å²) in [6.45, 7) is 12.3. The third-order valence-corrected chi connectivity index (χ3v) is 5.26. The molecule has 1 heterocycles. The maximum absolute atomic E-state index is 12.6. The van der Waals surface area contributed by atoms with Crippen molar-refractivity contribution >= 4 is 11.6 Å². The Bertz CT molecular complexity index is 588. The first-order valence-corrected chi connectivity index (χ1v) is 10.1. The fourth-order valence-electron chi connectivity index (χ4n) is 3.73. The number of nitrogens with one attached hydrogen (secondary N) is 1. The van der Waals surface area contributed by atoms with Crippen molar-refractivity contribution in [1.29, 1.82) is 0 Å². The molecule has 5 nitrogen and oxygen atoms in total. The molecule has 1 fully saturated rings. The molecule has 0 radical (unpaired) electrons. The van der Waals surface area contributed by atoms with Crippen LogP contribution in [0.3, 0.4) is 0 Å². The molecule has 0 aliphatic carbocycles. The Morgan fingerprint density at radius 1 is 1.33 bits per heavy atom. The topological polar surface area (TPSA) is 50.8 Å². The second-order valence-corrected chi connectivity index (χ2v) is 8.41. The Labute approximate surface area is 164 Å². The van der Waals surface area contributed by atoms with Crippen molar-refractivity contribution in [3.63, 3.8) is 0 Å². The smallest absolute Gasteiger partial charge is 0.256 e. The van der Waals surface area contributed by atoms with Gasteiger partial charge >= 0.3 is 0 Å². The Morgan fingerprint density at radius 2 is 2.04 bits per heavy atom. The molecule has 2 atom stereocenters. The highest BCUT2D eigenvalue weighted by molar-refractivity contribution is 5.97. The van der Waals surface area contributed by atoms with E-state index in [1.165, 1.54) is 25.9 Å². The Morgan fingerprint density at radius 3 is 2.63 bits per heavy atom. The van der Waals surface area contributed by atoms with E-state index in [2.05, 4.69) is 31.0 Å². The molecule has 27 heavy (non-hydrogen) atoms. The van der Waals surface area contributed by atoms with Gasteiger partial charge in [0.05, 0.1) is 0 Å². The van der Waals surface area contributed by atoms with E-state index < -0.39 is 5.60 Å². The van der Waals surface area contributed by atoms with Crippen molar-refractivity contribution in [2.75, 3.05) is 38.7 Å². The van der Waals surface area contributed by atoms with Gasteiger partial charge in [0.1, 0.15) is 18.0 Å². The number of piperidine rings is 1. The highest BCUT2D eigenvalue weighted by atomic mass is 16.5. The van der Waals surface area contributed by atoms with E-state index in [9.17, 15) is 4.79 Å². The molecule has 0 unspecified atom stereocenters. The fourth-order valence-corrected chi connectivity index (χ4v) is 3.73.